The number of nitrogens with zero attached hydrogens (tertiary/aromatic N) is 5. The van der Waals surface area contributed by atoms with E-state index in [-0.39, 0.29) is 11.8 Å². The van der Waals surface area contributed by atoms with Gasteiger partial charge in [-0.2, -0.15) is 0 Å². The van der Waals surface area contributed by atoms with E-state index in [4.69, 9.17) is 0 Å². The second-order valence-corrected chi connectivity index (χ2v) is 7.39. The molecule has 0 radical (unpaired) electrons. The van der Waals surface area contributed by atoms with Gasteiger partial charge in [-0.1, -0.05) is 0 Å². The Kier molecular flexibility index (Phi) is 4.79. The highest BCUT2D eigenvalue weighted by Crippen LogP contribution is 2.27. The number of amides is 1. The number of hydrogen-bond acceptors (Lipinski definition) is 5. The first-order chi connectivity index (χ1) is 12.7. The lowest BCUT2D eigenvalue weighted by Crippen LogP contribution is -2.39. The van der Waals surface area contributed by atoms with Gasteiger partial charge in [0.15, 0.2) is 0 Å². The highest BCUT2D eigenvalue weighted by Gasteiger charge is 2.28. The van der Waals surface area contributed by atoms with Crippen LogP contribution in [0.2, 0.25) is 0 Å². The van der Waals surface area contributed by atoms with Gasteiger partial charge in [-0.3, -0.25) is 9.78 Å². The van der Waals surface area contributed by atoms with E-state index < -0.39 is 0 Å². The van der Waals surface area contributed by atoms with Crippen LogP contribution in [0.25, 0.3) is 0 Å². The maximum atomic E-state index is 12.8. The van der Waals surface area contributed by atoms with Crippen molar-refractivity contribution in [3.05, 3.63) is 64.4 Å². The monoisotopic (exact) mass is 367 g/mol. The Balaban J connectivity index is 1.50. The maximum absolute atomic E-state index is 12.8. The second kappa shape index (κ2) is 7.37. The summed E-state index contributed by atoms with van der Waals surface area (Å²) in [6.07, 6.45) is 7.54. The minimum atomic E-state index is 0.0554. The molecule has 1 fully saturated rings. The lowest BCUT2D eigenvalue weighted by Gasteiger charge is -2.32. The number of aromatic nitrogens is 4. The molecule has 0 saturated carbocycles. The molecule has 0 N–H and O–H groups in total. The molecule has 4 rings (SSSR count). The molecule has 1 atom stereocenters. The van der Waals surface area contributed by atoms with Gasteiger partial charge in [0.2, 0.25) is 0 Å². The van der Waals surface area contributed by atoms with E-state index in [0.717, 1.165) is 43.1 Å². The third kappa shape index (κ3) is 3.53. The average molecular weight is 367 g/mol. The molecule has 1 aliphatic heterocycles. The first-order valence-electron chi connectivity index (χ1n) is 8.81. The van der Waals surface area contributed by atoms with Crippen molar-refractivity contribution in [2.24, 2.45) is 0 Å². The van der Waals surface area contributed by atoms with Crippen molar-refractivity contribution < 1.29 is 4.79 Å². The van der Waals surface area contributed by atoms with Gasteiger partial charge in [-0.05, 0) is 31.9 Å². The van der Waals surface area contributed by atoms with Crippen LogP contribution in [0.3, 0.4) is 0 Å². The Hall–Kier alpha value is -2.54. The Morgan fingerprint density at radius 1 is 1.31 bits per heavy atom. The molecule has 6 nitrogen and oxygen atoms in total. The number of pyridine rings is 1. The minimum absolute atomic E-state index is 0.0554. The van der Waals surface area contributed by atoms with Crippen LogP contribution in [0, 0.1) is 6.92 Å². The number of aryl methyl sites for hydroxylation is 1. The van der Waals surface area contributed by atoms with Crippen molar-refractivity contribution in [1.29, 1.82) is 0 Å². The molecule has 3 aromatic rings. The molecule has 7 heteroatoms. The van der Waals surface area contributed by atoms with Crippen molar-refractivity contribution in [2.45, 2.75) is 32.2 Å². The molecule has 1 amide bonds. The van der Waals surface area contributed by atoms with E-state index in [1.807, 2.05) is 41.9 Å². The predicted octanol–water partition coefficient (Wildman–Crippen LogP) is 3.11. The molecule has 3 aromatic heterocycles. The summed E-state index contributed by atoms with van der Waals surface area (Å²) < 4.78 is 2.15. The number of carbonyl (C=O) groups is 1. The topological polar surface area (TPSA) is 63.9 Å². The molecule has 134 valence electrons. The summed E-state index contributed by atoms with van der Waals surface area (Å²) in [6.45, 7) is 4.13. The fourth-order valence-electron chi connectivity index (χ4n) is 3.45. The number of thiazole rings is 1. The van der Waals surface area contributed by atoms with Gasteiger partial charge in [0, 0.05) is 48.7 Å². The zero-order valence-corrected chi connectivity index (χ0v) is 15.5. The van der Waals surface area contributed by atoms with Crippen LogP contribution in [0.1, 0.15) is 46.3 Å². The van der Waals surface area contributed by atoms with Crippen molar-refractivity contribution in [3.63, 3.8) is 0 Å². The largest absolute Gasteiger partial charge is 0.338 e. The van der Waals surface area contributed by atoms with Gasteiger partial charge in [-0.25, -0.2) is 9.97 Å². The molecule has 1 aliphatic rings. The van der Waals surface area contributed by atoms with Crippen LogP contribution in [-0.2, 0) is 6.54 Å². The average Bonchev–Trinajstić information content (AvgIpc) is 3.34. The molecular weight excluding hydrogens is 346 g/mol. The zero-order chi connectivity index (χ0) is 17.9. The lowest BCUT2D eigenvalue weighted by molar-refractivity contribution is 0.0703. The van der Waals surface area contributed by atoms with E-state index in [1.54, 1.807) is 17.5 Å². The Labute approximate surface area is 156 Å². The van der Waals surface area contributed by atoms with Crippen molar-refractivity contribution in [3.8, 4) is 0 Å². The van der Waals surface area contributed by atoms with Crippen molar-refractivity contribution >= 4 is 17.2 Å². The second-order valence-electron chi connectivity index (χ2n) is 6.67. The lowest BCUT2D eigenvalue weighted by atomic mass is 9.96. The van der Waals surface area contributed by atoms with E-state index in [2.05, 4.69) is 24.9 Å². The summed E-state index contributed by atoms with van der Waals surface area (Å²) in [5.41, 5.74) is 4.47. The Morgan fingerprint density at radius 2 is 2.23 bits per heavy atom. The SMILES string of the molecule is Cc1ccc(C(=O)N2CCC[C@@H](c3nccn3Cc3cscn3)C2)cn1. The first-order valence-corrected chi connectivity index (χ1v) is 9.75. The summed E-state index contributed by atoms with van der Waals surface area (Å²) in [7, 11) is 0. The van der Waals surface area contributed by atoms with Gasteiger partial charge in [-0.15, -0.1) is 11.3 Å². The fraction of sp³-hybridized carbons (Fsp3) is 0.368. The number of piperidine rings is 1. The number of hydrogen-bond donors (Lipinski definition) is 0. The van der Waals surface area contributed by atoms with Gasteiger partial charge in [0.25, 0.3) is 5.91 Å². The smallest absolute Gasteiger partial charge is 0.255 e. The molecule has 1 saturated heterocycles. The fourth-order valence-corrected chi connectivity index (χ4v) is 4.00. The third-order valence-electron chi connectivity index (χ3n) is 4.80. The summed E-state index contributed by atoms with van der Waals surface area (Å²) >= 11 is 1.60. The van der Waals surface area contributed by atoms with Crippen LogP contribution in [0.4, 0.5) is 0 Å². The first kappa shape index (κ1) is 16.9. The normalized spacial score (nSPS) is 17.4. The number of rotatable bonds is 4. The molecule has 0 unspecified atom stereocenters. The molecule has 0 spiro atoms. The van der Waals surface area contributed by atoms with Crippen LogP contribution in [0.15, 0.2) is 41.6 Å². The van der Waals surface area contributed by atoms with E-state index in [1.165, 1.54) is 0 Å². The molecular formula is C19H21N5OS. The third-order valence-corrected chi connectivity index (χ3v) is 5.43. The van der Waals surface area contributed by atoms with Crippen LogP contribution in [-0.4, -0.2) is 43.4 Å². The van der Waals surface area contributed by atoms with Gasteiger partial charge in [0.05, 0.1) is 23.3 Å². The Bertz CT molecular complexity index is 872. The standard InChI is InChI=1S/C19H21N5OS/c1-14-4-5-15(9-21-14)19(25)24-7-2-3-16(10-24)18-20-6-8-23(18)11-17-12-26-13-22-17/h4-6,8-9,12-13,16H,2-3,7,10-11H2,1H3/t16-/m1/s1. The zero-order valence-electron chi connectivity index (χ0n) is 14.7. The van der Waals surface area contributed by atoms with Crippen LogP contribution in [0.5, 0.6) is 0 Å². The molecule has 4 heterocycles. The highest BCUT2D eigenvalue weighted by atomic mass is 32.1. The highest BCUT2D eigenvalue weighted by molar-refractivity contribution is 7.07. The summed E-state index contributed by atoms with van der Waals surface area (Å²) in [5.74, 6) is 1.34. The van der Waals surface area contributed by atoms with Crippen molar-refractivity contribution in [1.82, 2.24) is 24.4 Å². The summed E-state index contributed by atoms with van der Waals surface area (Å²) in [6, 6.07) is 3.74. The maximum Gasteiger partial charge on any atom is 0.255 e. The van der Waals surface area contributed by atoms with E-state index in [9.17, 15) is 4.79 Å². The molecule has 26 heavy (non-hydrogen) atoms. The molecule has 0 aromatic carbocycles. The van der Waals surface area contributed by atoms with Gasteiger partial charge >= 0.3 is 0 Å². The van der Waals surface area contributed by atoms with Crippen molar-refractivity contribution in [2.75, 3.05) is 13.1 Å². The van der Waals surface area contributed by atoms with Gasteiger partial charge < -0.3 is 9.47 Å². The predicted molar refractivity (Wildman–Crippen MR) is 100 cm³/mol. The Morgan fingerprint density at radius 3 is 3.00 bits per heavy atom. The number of carbonyl (C=O) groups excluding carboxylic acids is 1. The summed E-state index contributed by atoms with van der Waals surface area (Å²) in [4.78, 5) is 28.0. The van der Waals surface area contributed by atoms with E-state index in [0.29, 0.717) is 12.1 Å². The number of imidazole rings is 1. The van der Waals surface area contributed by atoms with E-state index >= 15 is 0 Å². The molecule has 0 bridgehead atoms. The molecule has 0 aliphatic carbocycles. The number of likely N-dealkylation sites (tertiary alicyclic amines) is 1. The summed E-state index contributed by atoms with van der Waals surface area (Å²) in [5, 5.41) is 2.06. The minimum Gasteiger partial charge on any atom is -0.338 e. The van der Waals surface area contributed by atoms with Crippen LogP contribution >= 0.6 is 11.3 Å². The van der Waals surface area contributed by atoms with Gasteiger partial charge in [0.1, 0.15) is 5.82 Å². The van der Waals surface area contributed by atoms with Crippen LogP contribution < -0.4 is 0 Å². The quantitative estimate of drug-likeness (QED) is 0.711.